The number of hydrogen-bond donors (Lipinski definition) is 1. The van der Waals surface area contributed by atoms with Crippen LogP contribution in [0, 0.1) is 0 Å². The van der Waals surface area contributed by atoms with E-state index in [-0.39, 0.29) is 0 Å². The maximum Gasteiger partial charge on any atom is 0.303 e. The summed E-state index contributed by atoms with van der Waals surface area (Å²) in [5.74, 6) is -0.672. The summed E-state index contributed by atoms with van der Waals surface area (Å²) in [7, 11) is 0. The number of carboxylic acids is 1. The second-order valence-electron chi connectivity index (χ2n) is 2.25. The highest BCUT2D eigenvalue weighted by Crippen LogP contribution is 2.04. The van der Waals surface area contributed by atoms with E-state index in [4.69, 9.17) is 5.11 Å². The molecule has 60 valence electrons. The molecule has 0 aliphatic heterocycles. The molecule has 0 aliphatic rings. The molecule has 0 saturated carbocycles. The lowest BCUT2D eigenvalue weighted by atomic mass is 10.2. The van der Waals surface area contributed by atoms with Gasteiger partial charge in [0, 0.05) is 6.42 Å². The molecule has 0 radical (unpaired) electrons. The van der Waals surface area contributed by atoms with Crippen LogP contribution in [-0.2, 0) is 4.79 Å². The molecule has 0 heterocycles. The first-order chi connectivity index (χ1) is 4.77. The lowest BCUT2D eigenvalue weighted by molar-refractivity contribution is -0.137. The first-order valence-electron chi connectivity index (χ1n) is 3.55. The number of rotatable bonds is 6. The number of unbranched alkanes of at least 4 members (excludes halogenated alkanes) is 3. The average molecular weight is 256 g/mol. The van der Waals surface area contributed by atoms with Crippen LogP contribution < -0.4 is 0 Å². The van der Waals surface area contributed by atoms with Gasteiger partial charge in [0.15, 0.2) is 0 Å². The molecule has 10 heavy (non-hydrogen) atoms. The summed E-state index contributed by atoms with van der Waals surface area (Å²) in [5, 5.41) is 8.27. The maximum atomic E-state index is 10.0. The SMILES string of the molecule is O=C(O)CCCCCCI. The van der Waals surface area contributed by atoms with Crippen LogP contribution in [0.5, 0.6) is 0 Å². The van der Waals surface area contributed by atoms with Gasteiger partial charge in [-0.1, -0.05) is 35.4 Å². The number of halogens is 1. The molecule has 3 heteroatoms. The fourth-order valence-corrected chi connectivity index (χ4v) is 1.26. The van der Waals surface area contributed by atoms with Gasteiger partial charge in [-0.2, -0.15) is 0 Å². The van der Waals surface area contributed by atoms with E-state index in [0.29, 0.717) is 6.42 Å². The second kappa shape index (κ2) is 7.31. The van der Waals surface area contributed by atoms with Crippen molar-refractivity contribution in [2.45, 2.75) is 32.1 Å². The molecule has 0 saturated heterocycles. The molecule has 0 spiro atoms. The highest BCUT2D eigenvalue weighted by molar-refractivity contribution is 14.1. The summed E-state index contributed by atoms with van der Waals surface area (Å²) < 4.78 is 1.19. The topological polar surface area (TPSA) is 37.3 Å². The molecule has 2 nitrogen and oxygen atoms in total. The summed E-state index contributed by atoms with van der Waals surface area (Å²) in [6, 6.07) is 0. The van der Waals surface area contributed by atoms with Crippen LogP contribution in [0.1, 0.15) is 32.1 Å². The van der Waals surface area contributed by atoms with E-state index in [2.05, 4.69) is 22.6 Å². The molecule has 0 rings (SSSR count). The standard InChI is InChI=1S/C7H13IO2/c8-6-4-2-1-3-5-7(9)10/h1-6H2,(H,9,10). The van der Waals surface area contributed by atoms with E-state index in [9.17, 15) is 4.79 Å². The van der Waals surface area contributed by atoms with E-state index in [1.165, 1.54) is 17.3 Å². The molecule has 0 fully saturated rings. The molecule has 0 aliphatic carbocycles. The molecule has 1 N–H and O–H groups in total. The predicted molar refractivity (Wildman–Crippen MR) is 49.6 cm³/mol. The highest BCUT2D eigenvalue weighted by atomic mass is 127. The van der Waals surface area contributed by atoms with Crippen LogP contribution in [-0.4, -0.2) is 15.5 Å². The second-order valence-corrected chi connectivity index (χ2v) is 3.33. The summed E-state index contributed by atoms with van der Waals surface area (Å²) in [6.07, 6.45) is 4.64. The van der Waals surface area contributed by atoms with Gasteiger partial charge < -0.3 is 5.11 Å². The third kappa shape index (κ3) is 8.20. The van der Waals surface area contributed by atoms with E-state index >= 15 is 0 Å². The monoisotopic (exact) mass is 256 g/mol. The van der Waals surface area contributed by atoms with Crippen molar-refractivity contribution in [2.24, 2.45) is 0 Å². The van der Waals surface area contributed by atoms with Crippen molar-refractivity contribution in [3.8, 4) is 0 Å². The Hall–Kier alpha value is 0.200. The number of alkyl halides is 1. The van der Waals surface area contributed by atoms with E-state index < -0.39 is 5.97 Å². The molecule has 0 bridgehead atoms. The predicted octanol–water partition coefficient (Wildman–Crippen LogP) is 2.46. The quantitative estimate of drug-likeness (QED) is 0.450. The molecule has 0 aromatic rings. The molecule has 0 aromatic carbocycles. The van der Waals surface area contributed by atoms with Gasteiger partial charge in [-0.15, -0.1) is 0 Å². The number of carbonyl (C=O) groups is 1. The summed E-state index contributed by atoms with van der Waals surface area (Å²) in [5.41, 5.74) is 0. The Morgan fingerprint density at radius 1 is 1.20 bits per heavy atom. The fourth-order valence-electron chi connectivity index (χ4n) is 0.724. The minimum atomic E-state index is -0.672. The Morgan fingerprint density at radius 2 is 1.80 bits per heavy atom. The van der Waals surface area contributed by atoms with Gasteiger partial charge in [0.1, 0.15) is 0 Å². The number of hydrogen-bond acceptors (Lipinski definition) is 1. The molecule has 0 atom stereocenters. The molecule has 0 amide bonds. The summed E-state index contributed by atoms with van der Waals surface area (Å²) in [4.78, 5) is 10.0. The van der Waals surface area contributed by atoms with Gasteiger partial charge in [0.05, 0.1) is 0 Å². The third-order valence-electron chi connectivity index (χ3n) is 1.27. The number of carboxylic acid groups (broad SMARTS) is 1. The lowest BCUT2D eigenvalue weighted by Crippen LogP contribution is -1.93. The zero-order chi connectivity index (χ0) is 7.82. The zero-order valence-electron chi connectivity index (χ0n) is 5.98. The minimum absolute atomic E-state index is 0.335. The van der Waals surface area contributed by atoms with Gasteiger partial charge in [-0.25, -0.2) is 0 Å². The smallest absolute Gasteiger partial charge is 0.303 e. The third-order valence-corrected chi connectivity index (χ3v) is 2.04. The van der Waals surface area contributed by atoms with Crippen molar-refractivity contribution in [3.05, 3.63) is 0 Å². The highest BCUT2D eigenvalue weighted by Gasteiger charge is 1.94. The van der Waals surface area contributed by atoms with Crippen LogP contribution >= 0.6 is 22.6 Å². The molecule has 0 aromatic heterocycles. The molecular formula is C7H13IO2. The summed E-state index contributed by atoms with van der Waals surface area (Å²) in [6.45, 7) is 0. The van der Waals surface area contributed by atoms with Gasteiger partial charge in [0.25, 0.3) is 0 Å². The Balaban J connectivity index is 2.84. The van der Waals surface area contributed by atoms with Gasteiger partial charge in [-0.3, -0.25) is 4.79 Å². The number of aliphatic carboxylic acids is 1. The first-order valence-corrected chi connectivity index (χ1v) is 5.07. The van der Waals surface area contributed by atoms with Crippen molar-refractivity contribution in [1.29, 1.82) is 0 Å². The van der Waals surface area contributed by atoms with Crippen LogP contribution in [0.15, 0.2) is 0 Å². The van der Waals surface area contributed by atoms with Crippen molar-refractivity contribution in [2.75, 3.05) is 4.43 Å². The van der Waals surface area contributed by atoms with Crippen molar-refractivity contribution in [3.63, 3.8) is 0 Å². The summed E-state index contributed by atoms with van der Waals surface area (Å²) >= 11 is 2.34. The molecule has 0 unspecified atom stereocenters. The van der Waals surface area contributed by atoms with E-state index in [1.807, 2.05) is 0 Å². The van der Waals surface area contributed by atoms with Gasteiger partial charge >= 0.3 is 5.97 Å². The molecular weight excluding hydrogens is 243 g/mol. The largest absolute Gasteiger partial charge is 0.481 e. The van der Waals surface area contributed by atoms with Crippen molar-refractivity contribution < 1.29 is 9.90 Å². The van der Waals surface area contributed by atoms with Crippen molar-refractivity contribution in [1.82, 2.24) is 0 Å². The van der Waals surface area contributed by atoms with Gasteiger partial charge in [-0.05, 0) is 17.3 Å². The van der Waals surface area contributed by atoms with E-state index in [1.54, 1.807) is 0 Å². The minimum Gasteiger partial charge on any atom is -0.481 e. The van der Waals surface area contributed by atoms with Crippen LogP contribution in [0.4, 0.5) is 0 Å². The maximum absolute atomic E-state index is 10.0. The van der Waals surface area contributed by atoms with Crippen LogP contribution in [0.25, 0.3) is 0 Å². The van der Waals surface area contributed by atoms with Crippen LogP contribution in [0.2, 0.25) is 0 Å². The van der Waals surface area contributed by atoms with E-state index in [0.717, 1.165) is 12.8 Å². The van der Waals surface area contributed by atoms with Crippen molar-refractivity contribution >= 4 is 28.6 Å². The Bertz CT molecular complexity index is 93.6. The average Bonchev–Trinajstić information content (AvgIpc) is 1.87. The lowest BCUT2D eigenvalue weighted by Gasteiger charge is -1.94. The first kappa shape index (κ1) is 10.2. The zero-order valence-corrected chi connectivity index (χ0v) is 8.13. The van der Waals surface area contributed by atoms with Gasteiger partial charge in [0.2, 0.25) is 0 Å². The van der Waals surface area contributed by atoms with Crippen LogP contribution in [0.3, 0.4) is 0 Å². The Kier molecular flexibility index (Phi) is 7.45. The fraction of sp³-hybridized carbons (Fsp3) is 0.857. The normalized spacial score (nSPS) is 9.70. The Morgan fingerprint density at radius 3 is 2.30 bits per heavy atom. The Labute approximate surface area is 75.1 Å².